The fourth-order valence-electron chi connectivity index (χ4n) is 3.55. The predicted molar refractivity (Wildman–Crippen MR) is 92.9 cm³/mol. The summed E-state index contributed by atoms with van der Waals surface area (Å²) in [7, 11) is -3.07. The Bertz CT molecular complexity index is 994. The molecule has 1 aliphatic heterocycles. The second-order valence-electron chi connectivity index (χ2n) is 6.76. The number of para-hydroxylation sites is 2. The first-order valence-electron chi connectivity index (χ1n) is 8.41. The lowest BCUT2D eigenvalue weighted by Crippen LogP contribution is -2.45. The summed E-state index contributed by atoms with van der Waals surface area (Å²) in [4.78, 5) is 31.0. The van der Waals surface area contributed by atoms with Gasteiger partial charge in [0, 0.05) is 12.1 Å². The van der Waals surface area contributed by atoms with Crippen LogP contribution in [0.3, 0.4) is 0 Å². The Morgan fingerprint density at radius 3 is 2.64 bits per heavy atom. The Morgan fingerprint density at radius 1 is 1.20 bits per heavy atom. The number of sulfone groups is 1. The molecule has 8 heteroatoms. The summed E-state index contributed by atoms with van der Waals surface area (Å²) in [6.45, 7) is -0.0884. The van der Waals surface area contributed by atoms with Crippen molar-refractivity contribution in [3.05, 3.63) is 40.8 Å². The third-order valence-electron chi connectivity index (χ3n) is 4.88. The van der Waals surface area contributed by atoms with Gasteiger partial charge in [0.25, 0.3) is 5.56 Å². The van der Waals surface area contributed by atoms with Crippen LogP contribution in [0.15, 0.2) is 35.3 Å². The van der Waals surface area contributed by atoms with E-state index in [2.05, 4.69) is 4.98 Å². The molecule has 4 rings (SSSR count). The number of nitrogens with zero attached hydrogens (tertiary/aromatic N) is 3. The van der Waals surface area contributed by atoms with Crippen LogP contribution in [0.1, 0.15) is 19.3 Å². The fourth-order valence-corrected chi connectivity index (χ4v) is 5.26. The lowest BCUT2D eigenvalue weighted by Gasteiger charge is -2.28. The summed E-state index contributed by atoms with van der Waals surface area (Å²) in [5.74, 6) is -0.0314. The minimum absolute atomic E-state index is 0.0290. The molecule has 1 aromatic heterocycles. The number of benzene rings is 1. The highest BCUT2D eigenvalue weighted by Crippen LogP contribution is 2.32. The van der Waals surface area contributed by atoms with Crippen molar-refractivity contribution in [3.8, 4) is 0 Å². The van der Waals surface area contributed by atoms with Gasteiger partial charge in [-0.2, -0.15) is 0 Å². The van der Waals surface area contributed by atoms with Crippen LogP contribution in [0.2, 0.25) is 0 Å². The molecule has 1 aliphatic carbocycles. The van der Waals surface area contributed by atoms with E-state index in [0.717, 1.165) is 12.8 Å². The number of carbonyl (C=O) groups excluding carboxylic acids is 1. The van der Waals surface area contributed by atoms with Crippen molar-refractivity contribution in [2.45, 2.75) is 37.9 Å². The first kappa shape index (κ1) is 16.3. The first-order valence-corrected chi connectivity index (χ1v) is 10.2. The molecule has 2 aliphatic rings. The van der Waals surface area contributed by atoms with Crippen LogP contribution in [-0.4, -0.2) is 52.4 Å². The maximum absolute atomic E-state index is 12.9. The number of fused-ring (bicyclic) bond motifs is 1. The van der Waals surface area contributed by atoms with Gasteiger partial charge in [0.05, 0.1) is 28.7 Å². The zero-order valence-corrected chi connectivity index (χ0v) is 14.5. The lowest BCUT2D eigenvalue weighted by atomic mass is 10.2. The molecule has 1 saturated carbocycles. The van der Waals surface area contributed by atoms with Gasteiger partial charge in [0.1, 0.15) is 6.54 Å². The summed E-state index contributed by atoms with van der Waals surface area (Å²) >= 11 is 0. The van der Waals surface area contributed by atoms with Gasteiger partial charge in [0.15, 0.2) is 9.84 Å². The third-order valence-corrected chi connectivity index (χ3v) is 6.63. The van der Waals surface area contributed by atoms with Crippen molar-refractivity contribution in [1.29, 1.82) is 0 Å². The summed E-state index contributed by atoms with van der Waals surface area (Å²) in [5.41, 5.74) is 0.927. The molecule has 0 bridgehead atoms. The molecular formula is C17H19N3O4S. The standard InChI is InChI=1S/C17H19N3O4S/c21-16-9-18-14-3-1-2-4-15(14)19(16)10-17(22)20(12-5-6-12)13-7-8-25(23,24)11-13/h1-4,9,12-13H,5-8,10-11H2/t13-/m1/s1. The minimum Gasteiger partial charge on any atom is -0.334 e. The molecule has 132 valence electrons. The molecular weight excluding hydrogens is 342 g/mol. The molecule has 1 aromatic carbocycles. The molecule has 1 amide bonds. The SMILES string of the molecule is O=C(Cn1c(=O)cnc2ccccc21)N(C1CC1)[C@@H]1CCS(=O)(=O)C1. The largest absolute Gasteiger partial charge is 0.334 e. The van der Waals surface area contributed by atoms with Gasteiger partial charge in [-0.25, -0.2) is 13.4 Å². The zero-order chi connectivity index (χ0) is 17.6. The fraction of sp³-hybridized carbons (Fsp3) is 0.471. The van der Waals surface area contributed by atoms with E-state index < -0.39 is 9.84 Å². The van der Waals surface area contributed by atoms with Crippen LogP contribution in [0.5, 0.6) is 0 Å². The third kappa shape index (κ3) is 3.18. The Kier molecular flexibility index (Phi) is 3.87. The van der Waals surface area contributed by atoms with Crippen LogP contribution in [-0.2, 0) is 21.2 Å². The molecule has 0 N–H and O–H groups in total. The molecule has 25 heavy (non-hydrogen) atoms. The average Bonchev–Trinajstić information content (AvgIpc) is 3.34. The van der Waals surface area contributed by atoms with Crippen LogP contribution >= 0.6 is 0 Å². The highest BCUT2D eigenvalue weighted by atomic mass is 32.2. The topological polar surface area (TPSA) is 89.3 Å². The normalized spacial score (nSPS) is 22.2. The summed E-state index contributed by atoms with van der Waals surface area (Å²) < 4.78 is 25.0. The van der Waals surface area contributed by atoms with Crippen molar-refractivity contribution in [1.82, 2.24) is 14.5 Å². The van der Waals surface area contributed by atoms with E-state index in [1.54, 1.807) is 23.1 Å². The molecule has 1 saturated heterocycles. The van der Waals surface area contributed by atoms with Gasteiger partial charge in [-0.3, -0.25) is 14.2 Å². The van der Waals surface area contributed by atoms with Crippen molar-refractivity contribution >= 4 is 26.8 Å². The Balaban J connectivity index is 1.65. The van der Waals surface area contributed by atoms with Crippen LogP contribution < -0.4 is 5.56 Å². The van der Waals surface area contributed by atoms with Crippen LogP contribution in [0.4, 0.5) is 0 Å². The van der Waals surface area contributed by atoms with Crippen molar-refractivity contribution < 1.29 is 13.2 Å². The highest BCUT2D eigenvalue weighted by molar-refractivity contribution is 7.91. The molecule has 2 aromatic rings. The molecule has 2 fully saturated rings. The first-order chi connectivity index (χ1) is 11.9. The number of carbonyl (C=O) groups is 1. The second-order valence-corrected chi connectivity index (χ2v) is 8.99. The monoisotopic (exact) mass is 361 g/mol. The number of hydrogen-bond acceptors (Lipinski definition) is 5. The molecule has 7 nitrogen and oxygen atoms in total. The summed E-state index contributed by atoms with van der Waals surface area (Å²) in [5, 5.41) is 0. The van der Waals surface area contributed by atoms with Crippen molar-refractivity contribution in [2.24, 2.45) is 0 Å². The van der Waals surface area contributed by atoms with E-state index in [4.69, 9.17) is 0 Å². The van der Waals surface area contributed by atoms with Gasteiger partial charge in [0.2, 0.25) is 5.91 Å². The quantitative estimate of drug-likeness (QED) is 0.794. The predicted octanol–water partition coefficient (Wildman–Crippen LogP) is 0.575. The van der Waals surface area contributed by atoms with Gasteiger partial charge in [-0.15, -0.1) is 0 Å². The number of aromatic nitrogens is 2. The summed E-state index contributed by atoms with van der Waals surface area (Å²) in [6.07, 6.45) is 3.50. The number of rotatable bonds is 4. The minimum atomic E-state index is -3.07. The highest BCUT2D eigenvalue weighted by Gasteiger charge is 2.42. The second kappa shape index (κ2) is 5.94. The van der Waals surface area contributed by atoms with Gasteiger partial charge in [-0.05, 0) is 31.4 Å². The van der Waals surface area contributed by atoms with Crippen molar-refractivity contribution in [3.63, 3.8) is 0 Å². The van der Waals surface area contributed by atoms with Gasteiger partial charge < -0.3 is 4.90 Å². The van der Waals surface area contributed by atoms with Crippen LogP contribution in [0.25, 0.3) is 11.0 Å². The van der Waals surface area contributed by atoms with E-state index in [-0.39, 0.29) is 41.6 Å². The smallest absolute Gasteiger partial charge is 0.269 e. The van der Waals surface area contributed by atoms with E-state index in [0.29, 0.717) is 17.5 Å². The zero-order valence-electron chi connectivity index (χ0n) is 13.7. The number of hydrogen-bond donors (Lipinski definition) is 0. The van der Waals surface area contributed by atoms with E-state index >= 15 is 0 Å². The van der Waals surface area contributed by atoms with Gasteiger partial charge >= 0.3 is 0 Å². The molecule has 0 spiro atoms. The lowest BCUT2D eigenvalue weighted by molar-refractivity contribution is -0.134. The Labute approximate surface area is 145 Å². The van der Waals surface area contributed by atoms with E-state index in [9.17, 15) is 18.0 Å². The molecule has 2 heterocycles. The molecule has 0 unspecified atom stereocenters. The Morgan fingerprint density at radius 2 is 1.96 bits per heavy atom. The molecule has 0 radical (unpaired) electrons. The van der Waals surface area contributed by atoms with Gasteiger partial charge in [-0.1, -0.05) is 12.1 Å². The Hall–Kier alpha value is -2.22. The average molecular weight is 361 g/mol. The molecule has 1 atom stereocenters. The maximum Gasteiger partial charge on any atom is 0.269 e. The van der Waals surface area contributed by atoms with Crippen LogP contribution in [0, 0.1) is 0 Å². The van der Waals surface area contributed by atoms with E-state index in [1.807, 2.05) is 6.07 Å². The van der Waals surface area contributed by atoms with E-state index in [1.165, 1.54) is 10.8 Å². The summed E-state index contributed by atoms with van der Waals surface area (Å²) in [6, 6.07) is 7.01. The number of amides is 1. The van der Waals surface area contributed by atoms with Crippen molar-refractivity contribution in [2.75, 3.05) is 11.5 Å². The maximum atomic E-state index is 12.9.